The van der Waals surface area contributed by atoms with E-state index in [4.69, 9.17) is 21.1 Å². The van der Waals surface area contributed by atoms with Gasteiger partial charge in [-0.15, -0.1) is 21.7 Å². The number of aromatic nitrogens is 6. The molecule has 2 aromatic rings. The summed E-state index contributed by atoms with van der Waals surface area (Å²) in [7, 11) is 2.85. The number of methoxy groups -OCH3 is 2. The van der Waals surface area contributed by atoms with Gasteiger partial charge < -0.3 is 14.8 Å². The molecule has 0 bridgehead atoms. The van der Waals surface area contributed by atoms with Gasteiger partial charge in [0.25, 0.3) is 11.9 Å². The highest BCUT2D eigenvalue weighted by Gasteiger charge is 2.22. The Labute approximate surface area is 154 Å². The van der Waals surface area contributed by atoms with E-state index in [1.54, 1.807) is 0 Å². The maximum absolute atomic E-state index is 12.1. The van der Waals surface area contributed by atoms with Crippen LogP contribution in [0.25, 0.3) is 5.95 Å². The molecule has 2 heterocycles. The molecule has 2 atom stereocenters. The Morgan fingerprint density at radius 1 is 1.23 bits per heavy atom. The van der Waals surface area contributed by atoms with Crippen molar-refractivity contribution in [3.05, 3.63) is 6.33 Å². The lowest BCUT2D eigenvalue weighted by Gasteiger charge is -2.25. The number of alkyl halides is 1. The fourth-order valence-electron chi connectivity index (χ4n) is 2.61. The fourth-order valence-corrected chi connectivity index (χ4v) is 2.98. The molecular formula is C14H19ClN8O3. The lowest BCUT2D eigenvalue weighted by atomic mass is 9.95. The van der Waals surface area contributed by atoms with Crippen LogP contribution in [0.15, 0.2) is 6.33 Å². The lowest BCUT2D eigenvalue weighted by molar-refractivity contribution is 0.244. The van der Waals surface area contributed by atoms with E-state index < -0.39 is 0 Å². The smallest absolute Gasteiger partial charge is 0.324 e. The highest BCUT2D eigenvalue weighted by Crippen LogP contribution is 2.22. The molecule has 12 heteroatoms. The van der Waals surface area contributed by atoms with Crippen molar-refractivity contribution in [3.63, 3.8) is 0 Å². The second-order valence-corrected chi connectivity index (χ2v) is 6.30. The van der Waals surface area contributed by atoms with Crippen LogP contribution in [0.5, 0.6) is 12.0 Å². The quantitative estimate of drug-likeness (QED) is 0.736. The van der Waals surface area contributed by atoms with Gasteiger partial charge in [-0.3, -0.25) is 5.32 Å². The lowest BCUT2D eigenvalue weighted by Crippen LogP contribution is -2.41. The standard InChI is InChI=1S/C14H19ClN8O3/c1-25-13-19-11(20-14(21-13)26-2)23-7-16-10(22-23)18-12(24)17-9-5-3-4-8(15)6-9/h7-9H,3-6H2,1-2H3,(H2,17,18,22,24). The highest BCUT2D eigenvalue weighted by molar-refractivity contribution is 6.20. The molecule has 2 aromatic heterocycles. The second kappa shape index (κ2) is 8.13. The van der Waals surface area contributed by atoms with Gasteiger partial charge in [-0.25, -0.2) is 4.79 Å². The van der Waals surface area contributed by atoms with Crippen LogP contribution < -0.4 is 20.1 Å². The molecule has 1 fully saturated rings. The van der Waals surface area contributed by atoms with Crippen molar-refractivity contribution < 1.29 is 14.3 Å². The predicted octanol–water partition coefficient (Wildman–Crippen LogP) is 1.14. The summed E-state index contributed by atoms with van der Waals surface area (Å²) >= 11 is 6.14. The summed E-state index contributed by atoms with van der Waals surface area (Å²) in [5.41, 5.74) is 0. The van der Waals surface area contributed by atoms with E-state index in [2.05, 4.69) is 35.7 Å². The molecule has 0 radical (unpaired) electrons. The number of rotatable bonds is 5. The molecule has 26 heavy (non-hydrogen) atoms. The van der Waals surface area contributed by atoms with E-state index >= 15 is 0 Å². The van der Waals surface area contributed by atoms with E-state index in [1.807, 2.05) is 0 Å². The Morgan fingerprint density at radius 2 is 1.96 bits per heavy atom. The zero-order valence-corrected chi connectivity index (χ0v) is 15.1. The number of hydrogen-bond acceptors (Lipinski definition) is 8. The summed E-state index contributed by atoms with van der Waals surface area (Å²) in [6.07, 6.45) is 4.99. The van der Waals surface area contributed by atoms with E-state index in [9.17, 15) is 4.79 Å². The summed E-state index contributed by atoms with van der Waals surface area (Å²) < 4.78 is 11.3. The summed E-state index contributed by atoms with van der Waals surface area (Å²) in [5, 5.41) is 9.68. The number of anilines is 1. The zero-order chi connectivity index (χ0) is 18.5. The van der Waals surface area contributed by atoms with Gasteiger partial charge in [-0.2, -0.15) is 19.6 Å². The van der Waals surface area contributed by atoms with Crippen molar-refractivity contribution in [2.24, 2.45) is 0 Å². The number of hydrogen-bond donors (Lipinski definition) is 2. The van der Waals surface area contributed by atoms with Crippen LogP contribution in [0, 0.1) is 0 Å². The average Bonchev–Trinajstić information content (AvgIpc) is 3.09. The first-order valence-corrected chi connectivity index (χ1v) is 8.48. The van der Waals surface area contributed by atoms with Gasteiger partial charge in [-0.1, -0.05) is 0 Å². The maximum atomic E-state index is 12.1. The normalized spacial score (nSPS) is 19.7. The molecule has 11 nitrogen and oxygen atoms in total. The van der Waals surface area contributed by atoms with Gasteiger partial charge in [0.15, 0.2) is 0 Å². The van der Waals surface area contributed by atoms with Crippen molar-refractivity contribution >= 4 is 23.6 Å². The number of urea groups is 1. The summed E-state index contributed by atoms with van der Waals surface area (Å²) in [6, 6.07) is -0.195. The average molecular weight is 383 g/mol. The number of carbonyl (C=O) groups excluding carboxylic acids is 1. The minimum atomic E-state index is -0.385. The van der Waals surface area contributed by atoms with Crippen LogP contribution in [0.4, 0.5) is 10.7 Å². The number of amides is 2. The molecule has 2 unspecified atom stereocenters. The highest BCUT2D eigenvalue weighted by atomic mass is 35.5. The van der Waals surface area contributed by atoms with Gasteiger partial charge >= 0.3 is 18.1 Å². The Morgan fingerprint density at radius 3 is 2.62 bits per heavy atom. The van der Waals surface area contributed by atoms with Gasteiger partial charge in [-0.05, 0) is 25.7 Å². The van der Waals surface area contributed by atoms with Crippen LogP contribution in [-0.2, 0) is 0 Å². The van der Waals surface area contributed by atoms with Crippen LogP contribution in [0.2, 0.25) is 0 Å². The Balaban J connectivity index is 1.65. The van der Waals surface area contributed by atoms with Crippen molar-refractivity contribution in [3.8, 4) is 18.0 Å². The van der Waals surface area contributed by atoms with Gasteiger partial charge in [0.05, 0.1) is 14.2 Å². The first-order valence-electron chi connectivity index (χ1n) is 8.05. The van der Waals surface area contributed by atoms with Gasteiger partial charge in [0, 0.05) is 11.4 Å². The first kappa shape index (κ1) is 18.1. The summed E-state index contributed by atoms with van der Waals surface area (Å²) in [6.45, 7) is 0. The zero-order valence-electron chi connectivity index (χ0n) is 14.3. The van der Waals surface area contributed by atoms with Crippen LogP contribution in [-0.4, -0.2) is 61.4 Å². The SMILES string of the molecule is COc1nc(OC)nc(-n2cnc(NC(=O)NC3CCCC(Cl)C3)n2)n1. The number of nitrogens with zero attached hydrogens (tertiary/aromatic N) is 6. The minimum absolute atomic E-state index is 0.0467. The molecule has 0 spiro atoms. The first-order chi connectivity index (χ1) is 12.6. The number of nitrogens with one attached hydrogen (secondary N) is 2. The number of ether oxygens (including phenoxy) is 2. The van der Waals surface area contributed by atoms with Crippen LogP contribution in [0.3, 0.4) is 0 Å². The molecule has 140 valence electrons. The third-order valence-corrected chi connectivity index (χ3v) is 4.21. The minimum Gasteiger partial charge on any atom is -0.467 e. The Bertz CT molecular complexity index is 748. The van der Waals surface area contributed by atoms with Gasteiger partial charge in [0.1, 0.15) is 6.33 Å². The van der Waals surface area contributed by atoms with Crippen molar-refractivity contribution in [1.29, 1.82) is 0 Å². The molecule has 3 rings (SSSR count). The predicted molar refractivity (Wildman–Crippen MR) is 91.9 cm³/mol. The topological polar surface area (TPSA) is 129 Å². The summed E-state index contributed by atoms with van der Waals surface area (Å²) in [4.78, 5) is 28.1. The van der Waals surface area contributed by atoms with Crippen LogP contribution >= 0.6 is 11.6 Å². The van der Waals surface area contributed by atoms with E-state index in [-0.39, 0.29) is 41.4 Å². The van der Waals surface area contributed by atoms with Gasteiger partial charge in [0.2, 0.25) is 0 Å². The summed E-state index contributed by atoms with van der Waals surface area (Å²) in [5.74, 6) is 0.256. The maximum Gasteiger partial charge on any atom is 0.324 e. The second-order valence-electron chi connectivity index (χ2n) is 5.68. The van der Waals surface area contributed by atoms with Crippen molar-refractivity contribution in [1.82, 2.24) is 35.0 Å². The molecule has 1 aliphatic rings. The number of carbonyl (C=O) groups is 1. The molecule has 2 amide bonds. The molecular weight excluding hydrogens is 364 g/mol. The molecule has 0 aliphatic heterocycles. The van der Waals surface area contributed by atoms with Crippen molar-refractivity contribution in [2.75, 3.05) is 19.5 Å². The van der Waals surface area contributed by atoms with E-state index in [1.165, 1.54) is 25.2 Å². The molecule has 1 saturated carbocycles. The largest absolute Gasteiger partial charge is 0.467 e. The monoisotopic (exact) mass is 382 g/mol. The van der Waals surface area contributed by atoms with E-state index in [0.717, 1.165) is 25.7 Å². The number of halogens is 1. The van der Waals surface area contributed by atoms with Crippen molar-refractivity contribution in [2.45, 2.75) is 37.1 Å². The van der Waals surface area contributed by atoms with Crippen LogP contribution in [0.1, 0.15) is 25.7 Å². The Hall–Kier alpha value is -2.69. The molecule has 0 aromatic carbocycles. The fraction of sp³-hybridized carbons (Fsp3) is 0.571. The Kier molecular flexibility index (Phi) is 5.66. The van der Waals surface area contributed by atoms with E-state index in [0.29, 0.717) is 0 Å². The third kappa shape index (κ3) is 4.48. The molecule has 2 N–H and O–H groups in total. The molecule has 1 aliphatic carbocycles. The molecule has 0 saturated heterocycles. The third-order valence-electron chi connectivity index (χ3n) is 3.82.